The number of H-pyrrole nitrogens is 1. The van der Waals surface area contributed by atoms with Crippen LogP contribution in [0.5, 0.6) is 0 Å². The Labute approximate surface area is 76.1 Å². The second-order valence-electron chi connectivity index (χ2n) is 3.21. The Kier molecular flexibility index (Phi) is 2.56. The third kappa shape index (κ3) is 1.87. The molecule has 1 atom stereocenters. The van der Waals surface area contributed by atoms with Crippen LogP contribution in [0.3, 0.4) is 0 Å². The van der Waals surface area contributed by atoms with Gasteiger partial charge in [0.2, 0.25) is 0 Å². The number of aromatic amines is 1. The fourth-order valence-electron chi connectivity index (χ4n) is 1.51. The van der Waals surface area contributed by atoms with Crippen molar-refractivity contribution in [3.05, 3.63) is 11.6 Å². The van der Waals surface area contributed by atoms with Gasteiger partial charge in [0, 0.05) is 12.5 Å². The molecule has 0 spiro atoms. The van der Waals surface area contributed by atoms with Crippen molar-refractivity contribution in [3.8, 4) is 0 Å². The van der Waals surface area contributed by atoms with Gasteiger partial charge < -0.3 is 9.84 Å². The molecule has 1 saturated heterocycles. The van der Waals surface area contributed by atoms with Gasteiger partial charge in [0.05, 0.1) is 6.61 Å². The fourth-order valence-corrected chi connectivity index (χ4v) is 1.51. The van der Waals surface area contributed by atoms with Crippen LogP contribution in [0.1, 0.15) is 30.4 Å². The lowest BCUT2D eigenvalue weighted by Crippen LogP contribution is -2.16. The summed E-state index contributed by atoms with van der Waals surface area (Å²) in [5.74, 6) is 1.59. The molecule has 2 heterocycles. The summed E-state index contributed by atoms with van der Waals surface area (Å²) >= 11 is 0. The molecule has 72 valence electrons. The Bertz CT molecular complexity index is 268. The van der Waals surface area contributed by atoms with Gasteiger partial charge in [0.25, 0.3) is 0 Å². The molecule has 2 rings (SSSR count). The molecule has 1 aliphatic heterocycles. The number of aliphatic hydroxyl groups excluding tert-OH is 1. The predicted molar refractivity (Wildman–Crippen MR) is 45.1 cm³/mol. The minimum atomic E-state index is -0.0828. The van der Waals surface area contributed by atoms with Crippen LogP contribution in [0, 0.1) is 0 Å². The van der Waals surface area contributed by atoms with Crippen LogP contribution in [-0.2, 0) is 11.3 Å². The van der Waals surface area contributed by atoms with E-state index in [4.69, 9.17) is 9.84 Å². The first-order chi connectivity index (χ1) is 6.40. The van der Waals surface area contributed by atoms with E-state index in [1.54, 1.807) is 0 Å². The first-order valence-electron chi connectivity index (χ1n) is 4.50. The summed E-state index contributed by atoms with van der Waals surface area (Å²) < 4.78 is 5.32. The number of aromatic nitrogens is 3. The number of hydrogen-bond donors (Lipinski definition) is 2. The maximum absolute atomic E-state index is 8.78. The third-order valence-electron chi connectivity index (χ3n) is 2.22. The quantitative estimate of drug-likeness (QED) is 0.686. The molecular formula is C8H13N3O2. The molecule has 0 bridgehead atoms. The van der Waals surface area contributed by atoms with Crippen LogP contribution in [0.2, 0.25) is 0 Å². The summed E-state index contributed by atoms with van der Waals surface area (Å²) in [5, 5.41) is 15.5. The maximum atomic E-state index is 8.78. The Hall–Kier alpha value is -0.940. The van der Waals surface area contributed by atoms with Crippen molar-refractivity contribution >= 4 is 0 Å². The molecule has 5 nitrogen and oxygen atoms in total. The molecule has 2 N–H and O–H groups in total. The maximum Gasteiger partial charge on any atom is 0.156 e. The molecule has 1 unspecified atom stereocenters. The number of aliphatic hydroxyl groups is 1. The zero-order valence-corrected chi connectivity index (χ0v) is 7.36. The van der Waals surface area contributed by atoms with Crippen LogP contribution in [0.4, 0.5) is 0 Å². The predicted octanol–water partition coefficient (Wildman–Crippen LogP) is 0.191. The van der Waals surface area contributed by atoms with Crippen LogP contribution in [0.25, 0.3) is 0 Å². The number of nitrogens with one attached hydrogen (secondary N) is 1. The smallest absolute Gasteiger partial charge is 0.156 e. The van der Waals surface area contributed by atoms with Crippen molar-refractivity contribution in [2.24, 2.45) is 0 Å². The highest BCUT2D eigenvalue weighted by atomic mass is 16.5. The minimum Gasteiger partial charge on any atom is -0.388 e. The highest BCUT2D eigenvalue weighted by Gasteiger charge is 2.19. The van der Waals surface area contributed by atoms with E-state index >= 15 is 0 Å². The number of hydrogen-bond acceptors (Lipinski definition) is 4. The van der Waals surface area contributed by atoms with E-state index in [1.807, 2.05) is 0 Å². The van der Waals surface area contributed by atoms with Gasteiger partial charge in [0.1, 0.15) is 12.4 Å². The van der Waals surface area contributed by atoms with Gasteiger partial charge in [0.15, 0.2) is 5.82 Å². The summed E-state index contributed by atoms with van der Waals surface area (Å²) in [6.07, 6.45) is 2.14. The zero-order valence-electron chi connectivity index (χ0n) is 7.36. The lowest BCUT2D eigenvalue weighted by atomic mass is 10.0. The highest BCUT2D eigenvalue weighted by molar-refractivity contribution is 4.98. The number of ether oxygens (including phenoxy) is 1. The summed E-state index contributed by atoms with van der Waals surface area (Å²) in [6, 6.07) is 0. The summed E-state index contributed by atoms with van der Waals surface area (Å²) in [6.45, 7) is 1.46. The van der Waals surface area contributed by atoms with Crippen molar-refractivity contribution in [1.29, 1.82) is 0 Å². The number of nitrogens with zero attached hydrogens (tertiary/aromatic N) is 2. The van der Waals surface area contributed by atoms with E-state index in [2.05, 4.69) is 15.2 Å². The minimum absolute atomic E-state index is 0.0828. The molecule has 1 aromatic rings. The van der Waals surface area contributed by atoms with Crippen molar-refractivity contribution in [2.75, 3.05) is 13.2 Å². The molecule has 0 aliphatic carbocycles. The van der Waals surface area contributed by atoms with Crippen molar-refractivity contribution in [3.63, 3.8) is 0 Å². The molecule has 0 aromatic carbocycles. The Morgan fingerprint density at radius 1 is 1.62 bits per heavy atom. The zero-order chi connectivity index (χ0) is 9.10. The standard InChI is InChI=1S/C8H13N3O2/c12-4-7-9-8(11-10-7)6-2-1-3-13-5-6/h6,12H,1-5H2,(H,9,10,11). The molecule has 13 heavy (non-hydrogen) atoms. The van der Waals surface area contributed by atoms with Crippen molar-refractivity contribution in [1.82, 2.24) is 15.2 Å². The van der Waals surface area contributed by atoms with Crippen LogP contribution >= 0.6 is 0 Å². The van der Waals surface area contributed by atoms with Gasteiger partial charge in [-0.25, -0.2) is 4.98 Å². The fraction of sp³-hybridized carbons (Fsp3) is 0.750. The molecule has 0 saturated carbocycles. The number of rotatable bonds is 2. The Morgan fingerprint density at radius 2 is 2.54 bits per heavy atom. The molecule has 5 heteroatoms. The van der Waals surface area contributed by atoms with E-state index in [-0.39, 0.29) is 6.61 Å². The summed E-state index contributed by atoms with van der Waals surface area (Å²) in [7, 11) is 0. The third-order valence-corrected chi connectivity index (χ3v) is 2.22. The second kappa shape index (κ2) is 3.85. The van der Waals surface area contributed by atoms with E-state index in [1.165, 1.54) is 0 Å². The Morgan fingerprint density at radius 3 is 3.15 bits per heavy atom. The van der Waals surface area contributed by atoms with Gasteiger partial charge in [-0.3, -0.25) is 5.10 Å². The molecule has 0 radical (unpaired) electrons. The first kappa shape index (κ1) is 8.65. The molecular weight excluding hydrogens is 170 g/mol. The summed E-state index contributed by atoms with van der Waals surface area (Å²) in [4.78, 5) is 4.16. The average Bonchev–Trinajstić information content (AvgIpc) is 2.67. The first-order valence-corrected chi connectivity index (χ1v) is 4.50. The van der Waals surface area contributed by atoms with Crippen molar-refractivity contribution < 1.29 is 9.84 Å². The van der Waals surface area contributed by atoms with Gasteiger partial charge in [-0.1, -0.05) is 0 Å². The lowest BCUT2D eigenvalue weighted by Gasteiger charge is -2.18. The molecule has 1 aliphatic rings. The van der Waals surface area contributed by atoms with Crippen molar-refractivity contribution in [2.45, 2.75) is 25.4 Å². The van der Waals surface area contributed by atoms with Gasteiger partial charge >= 0.3 is 0 Å². The van der Waals surface area contributed by atoms with Gasteiger partial charge in [-0.2, -0.15) is 5.10 Å². The monoisotopic (exact) mass is 183 g/mol. The van der Waals surface area contributed by atoms with Gasteiger partial charge in [-0.05, 0) is 12.8 Å². The van der Waals surface area contributed by atoms with E-state index in [9.17, 15) is 0 Å². The lowest BCUT2D eigenvalue weighted by molar-refractivity contribution is 0.0781. The van der Waals surface area contributed by atoms with Crippen LogP contribution in [-0.4, -0.2) is 33.5 Å². The SMILES string of the molecule is OCc1nc(C2CCCOC2)n[nH]1. The van der Waals surface area contributed by atoms with Crippen LogP contribution in [0.15, 0.2) is 0 Å². The highest BCUT2D eigenvalue weighted by Crippen LogP contribution is 2.21. The normalized spacial score (nSPS) is 23.3. The largest absolute Gasteiger partial charge is 0.388 e. The van der Waals surface area contributed by atoms with Crippen LogP contribution < -0.4 is 0 Å². The van der Waals surface area contributed by atoms with Gasteiger partial charge in [-0.15, -0.1) is 0 Å². The Balaban J connectivity index is 2.05. The molecule has 0 amide bonds. The molecule has 1 aromatic heterocycles. The second-order valence-corrected chi connectivity index (χ2v) is 3.21. The van der Waals surface area contributed by atoms with E-state index in [0.29, 0.717) is 18.3 Å². The molecule has 1 fully saturated rings. The summed E-state index contributed by atoms with van der Waals surface area (Å²) in [5.41, 5.74) is 0. The average molecular weight is 183 g/mol. The topological polar surface area (TPSA) is 71.0 Å². The van der Waals surface area contributed by atoms with E-state index < -0.39 is 0 Å². The van der Waals surface area contributed by atoms with E-state index in [0.717, 1.165) is 25.3 Å².